The van der Waals surface area contributed by atoms with Crippen LogP contribution in [0.4, 0.5) is 0 Å². The molecule has 0 radical (unpaired) electrons. The largest absolute Gasteiger partial charge is 0.485 e. The molecule has 3 aromatic rings. The molecule has 5 nitrogen and oxygen atoms in total. The zero-order chi connectivity index (χ0) is 16.7. The molecule has 5 heteroatoms. The summed E-state index contributed by atoms with van der Waals surface area (Å²) in [6, 6.07) is 11.5. The van der Waals surface area contributed by atoms with E-state index in [4.69, 9.17) is 4.74 Å². The summed E-state index contributed by atoms with van der Waals surface area (Å²) in [7, 11) is 0. The van der Waals surface area contributed by atoms with E-state index in [1.165, 1.54) is 0 Å². The molecule has 3 heterocycles. The van der Waals surface area contributed by atoms with Gasteiger partial charge in [-0.1, -0.05) is 30.3 Å². The highest BCUT2D eigenvalue weighted by Crippen LogP contribution is 2.42. The molecule has 1 N–H and O–H groups in total. The number of hydrogen-bond donors (Lipinski definition) is 1. The molecule has 4 rings (SSSR count). The van der Waals surface area contributed by atoms with Crippen LogP contribution in [0.15, 0.2) is 61.2 Å². The molecule has 1 aliphatic rings. The van der Waals surface area contributed by atoms with Crippen LogP contribution in [0.2, 0.25) is 0 Å². The van der Waals surface area contributed by atoms with E-state index in [2.05, 4.69) is 9.97 Å². The van der Waals surface area contributed by atoms with Gasteiger partial charge in [0.25, 0.3) is 0 Å². The zero-order valence-corrected chi connectivity index (χ0v) is 13.6. The zero-order valence-electron chi connectivity index (χ0n) is 13.6. The third-order valence-electron chi connectivity index (χ3n) is 4.51. The fourth-order valence-electron chi connectivity index (χ4n) is 3.25. The fraction of sp³-hybridized carbons (Fsp3) is 0.263. The number of hydrogen-bond acceptors (Lipinski definition) is 4. The lowest BCUT2D eigenvalue weighted by molar-refractivity contribution is -0.0635. The third kappa shape index (κ3) is 2.29. The molecule has 0 amide bonds. The van der Waals surface area contributed by atoms with Crippen LogP contribution in [0.1, 0.15) is 25.5 Å². The Morgan fingerprint density at radius 3 is 2.71 bits per heavy atom. The van der Waals surface area contributed by atoms with Crippen LogP contribution < -0.4 is 4.74 Å². The Bertz CT molecular complexity index is 858. The van der Waals surface area contributed by atoms with Gasteiger partial charge in [-0.3, -0.25) is 4.98 Å². The van der Waals surface area contributed by atoms with Crippen LogP contribution in [-0.2, 0) is 0 Å². The van der Waals surface area contributed by atoms with Crippen LogP contribution in [0.25, 0.3) is 11.4 Å². The summed E-state index contributed by atoms with van der Waals surface area (Å²) in [6.07, 6.45) is 6.39. The number of aliphatic hydroxyl groups is 1. The Kier molecular flexibility index (Phi) is 3.39. The molecular formula is C19H19N3O2. The van der Waals surface area contributed by atoms with Gasteiger partial charge in [-0.2, -0.15) is 0 Å². The van der Waals surface area contributed by atoms with Gasteiger partial charge in [0.1, 0.15) is 23.3 Å². The van der Waals surface area contributed by atoms with Crippen molar-refractivity contribution in [3.63, 3.8) is 0 Å². The minimum Gasteiger partial charge on any atom is -0.485 e. The van der Waals surface area contributed by atoms with Crippen molar-refractivity contribution >= 4 is 0 Å². The first-order valence-electron chi connectivity index (χ1n) is 7.97. The topological polar surface area (TPSA) is 60.2 Å². The summed E-state index contributed by atoms with van der Waals surface area (Å²) >= 11 is 0. The summed E-state index contributed by atoms with van der Waals surface area (Å²) in [4.78, 5) is 8.73. The van der Waals surface area contributed by atoms with Gasteiger partial charge in [0.05, 0.1) is 6.04 Å². The molecule has 1 aromatic carbocycles. The Hall–Kier alpha value is -2.66. The average Bonchev–Trinajstić information content (AvgIpc) is 3.06. The predicted molar refractivity (Wildman–Crippen MR) is 90.8 cm³/mol. The van der Waals surface area contributed by atoms with Crippen LogP contribution in [0.3, 0.4) is 0 Å². The standard InChI is InChI=1S/C19H19N3O2/c1-19(2)17(23)16(14-12-20-9-8-15(14)24-19)22-11-10-21-18(22)13-6-4-3-5-7-13/h3-12,16-17,23H,1-2H3/t16-,17+/m1/s1. The fourth-order valence-corrected chi connectivity index (χ4v) is 3.25. The monoisotopic (exact) mass is 321 g/mol. The van der Waals surface area contributed by atoms with Gasteiger partial charge in [0.2, 0.25) is 0 Å². The van der Waals surface area contributed by atoms with Gasteiger partial charge < -0.3 is 14.4 Å². The maximum absolute atomic E-state index is 11.0. The molecule has 0 aliphatic carbocycles. The quantitative estimate of drug-likeness (QED) is 0.788. The summed E-state index contributed by atoms with van der Waals surface area (Å²) < 4.78 is 7.99. The van der Waals surface area contributed by atoms with Crippen molar-refractivity contribution in [2.75, 3.05) is 0 Å². The summed E-state index contributed by atoms with van der Waals surface area (Å²) in [5.41, 5.74) is 1.15. The molecule has 122 valence electrons. The second-order valence-corrected chi connectivity index (χ2v) is 6.53. The number of ether oxygens (including phenoxy) is 1. The second kappa shape index (κ2) is 5.46. The minimum atomic E-state index is -0.731. The van der Waals surface area contributed by atoms with Gasteiger partial charge in [-0.15, -0.1) is 0 Å². The van der Waals surface area contributed by atoms with E-state index in [0.29, 0.717) is 0 Å². The van der Waals surface area contributed by atoms with Gasteiger partial charge in [-0.05, 0) is 19.9 Å². The Balaban J connectivity index is 1.89. The molecule has 2 aromatic heterocycles. The molecule has 1 aliphatic heterocycles. The van der Waals surface area contributed by atoms with Gasteiger partial charge in [-0.25, -0.2) is 4.98 Å². The van der Waals surface area contributed by atoms with Crippen molar-refractivity contribution in [1.29, 1.82) is 0 Å². The van der Waals surface area contributed by atoms with Gasteiger partial charge in [0.15, 0.2) is 0 Å². The van der Waals surface area contributed by atoms with E-state index in [0.717, 1.165) is 22.7 Å². The highest BCUT2D eigenvalue weighted by atomic mass is 16.5. The molecule has 2 atom stereocenters. The first-order valence-corrected chi connectivity index (χ1v) is 7.97. The predicted octanol–water partition coefficient (Wildman–Crippen LogP) is 3.07. The molecule has 0 spiro atoms. The third-order valence-corrected chi connectivity index (χ3v) is 4.51. The minimum absolute atomic E-state index is 0.310. The molecule has 24 heavy (non-hydrogen) atoms. The van der Waals surface area contributed by atoms with E-state index >= 15 is 0 Å². The van der Waals surface area contributed by atoms with Crippen molar-refractivity contribution in [2.24, 2.45) is 0 Å². The summed E-state index contributed by atoms with van der Waals surface area (Å²) in [6.45, 7) is 3.79. The first-order chi connectivity index (χ1) is 11.6. The van der Waals surface area contributed by atoms with Crippen LogP contribution in [0.5, 0.6) is 5.75 Å². The normalized spacial score (nSPS) is 21.8. The highest BCUT2D eigenvalue weighted by molar-refractivity contribution is 5.56. The smallest absolute Gasteiger partial charge is 0.140 e. The van der Waals surface area contributed by atoms with E-state index in [1.807, 2.05) is 61.0 Å². The molecule has 0 fully saturated rings. The van der Waals surface area contributed by atoms with E-state index < -0.39 is 11.7 Å². The summed E-state index contributed by atoms with van der Waals surface area (Å²) in [5, 5.41) is 11.0. The second-order valence-electron chi connectivity index (χ2n) is 6.53. The Labute approximate surface area is 140 Å². The number of benzene rings is 1. The number of imidazole rings is 1. The average molecular weight is 321 g/mol. The Morgan fingerprint density at radius 2 is 1.92 bits per heavy atom. The maximum Gasteiger partial charge on any atom is 0.140 e. The number of rotatable bonds is 2. The van der Waals surface area contributed by atoms with Gasteiger partial charge >= 0.3 is 0 Å². The summed E-state index contributed by atoms with van der Waals surface area (Å²) in [5.74, 6) is 1.56. The van der Waals surface area contributed by atoms with E-state index in [9.17, 15) is 5.11 Å². The maximum atomic E-state index is 11.0. The molecule has 0 unspecified atom stereocenters. The molecular weight excluding hydrogens is 302 g/mol. The SMILES string of the molecule is CC1(C)Oc2ccncc2[C@@H](n2ccnc2-c2ccccc2)[C@@H]1O. The first kappa shape index (κ1) is 14.9. The van der Waals surface area contributed by atoms with E-state index in [-0.39, 0.29) is 6.04 Å². The molecule has 0 saturated carbocycles. The molecule has 0 bridgehead atoms. The lowest BCUT2D eigenvalue weighted by atomic mass is 9.87. The number of nitrogens with zero attached hydrogens (tertiary/aromatic N) is 3. The molecule has 0 saturated heterocycles. The van der Waals surface area contributed by atoms with Crippen molar-refractivity contribution in [1.82, 2.24) is 14.5 Å². The number of aliphatic hydroxyl groups excluding tert-OH is 1. The van der Waals surface area contributed by atoms with Crippen molar-refractivity contribution in [2.45, 2.75) is 31.6 Å². The number of pyridine rings is 1. The van der Waals surface area contributed by atoms with E-state index in [1.54, 1.807) is 18.6 Å². The van der Waals surface area contributed by atoms with Crippen molar-refractivity contribution < 1.29 is 9.84 Å². The van der Waals surface area contributed by atoms with Crippen LogP contribution in [0, 0.1) is 0 Å². The van der Waals surface area contributed by atoms with Crippen molar-refractivity contribution in [3.05, 3.63) is 66.7 Å². The number of fused-ring (bicyclic) bond motifs is 1. The lowest BCUT2D eigenvalue weighted by Gasteiger charge is -2.42. The Morgan fingerprint density at radius 1 is 1.12 bits per heavy atom. The van der Waals surface area contributed by atoms with Crippen molar-refractivity contribution in [3.8, 4) is 17.1 Å². The lowest BCUT2D eigenvalue weighted by Crippen LogP contribution is -2.50. The highest BCUT2D eigenvalue weighted by Gasteiger charge is 2.44. The van der Waals surface area contributed by atoms with Crippen LogP contribution in [-0.4, -0.2) is 31.3 Å². The van der Waals surface area contributed by atoms with Gasteiger partial charge in [0, 0.05) is 35.9 Å². The number of aromatic nitrogens is 3. The van der Waals surface area contributed by atoms with Crippen LogP contribution >= 0.6 is 0 Å².